The molecule has 0 bridgehead atoms. The highest BCUT2D eigenvalue weighted by Crippen LogP contribution is 2.29. The number of ketones is 1. The summed E-state index contributed by atoms with van der Waals surface area (Å²) in [6.07, 6.45) is 6.54. The molecule has 0 N–H and O–H groups in total. The molecule has 0 saturated heterocycles. The maximum Gasteiger partial charge on any atom is 0.154 e. The third-order valence-electron chi connectivity index (χ3n) is 4.19. The van der Waals surface area contributed by atoms with Crippen LogP contribution in [0.1, 0.15) is 56.9 Å². The molecule has 21 heavy (non-hydrogen) atoms. The lowest BCUT2D eigenvalue weighted by molar-refractivity contribution is -0.120. The minimum Gasteiger partial charge on any atom is -0.494 e. The topological polar surface area (TPSA) is 50.1 Å². The van der Waals surface area contributed by atoms with Crippen LogP contribution in [0.25, 0.3) is 0 Å². The average Bonchev–Trinajstić information content (AvgIpc) is 2.51. The van der Waals surface area contributed by atoms with E-state index in [1.165, 1.54) is 19.3 Å². The summed E-state index contributed by atoms with van der Waals surface area (Å²) in [7, 11) is 0. The fourth-order valence-corrected chi connectivity index (χ4v) is 3.05. The van der Waals surface area contributed by atoms with E-state index in [2.05, 4.69) is 6.07 Å². The Hall–Kier alpha value is -1.82. The summed E-state index contributed by atoms with van der Waals surface area (Å²) >= 11 is 0. The van der Waals surface area contributed by atoms with Crippen molar-refractivity contribution in [2.24, 2.45) is 5.92 Å². The van der Waals surface area contributed by atoms with Crippen LogP contribution in [-0.2, 0) is 4.79 Å². The molecule has 1 aromatic carbocycles. The molecule has 1 aliphatic rings. The van der Waals surface area contributed by atoms with Crippen molar-refractivity contribution in [1.82, 2.24) is 0 Å². The zero-order chi connectivity index (χ0) is 15.1. The van der Waals surface area contributed by atoms with Crippen LogP contribution in [0, 0.1) is 17.2 Å². The Bertz CT molecular complexity index is 495. The van der Waals surface area contributed by atoms with Crippen molar-refractivity contribution in [3.63, 3.8) is 0 Å². The van der Waals surface area contributed by atoms with Gasteiger partial charge < -0.3 is 4.74 Å². The zero-order valence-electron chi connectivity index (χ0n) is 12.7. The van der Waals surface area contributed by atoms with Gasteiger partial charge in [-0.05, 0) is 30.5 Å². The van der Waals surface area contributed by atoms with E-state index in [1.807, 2.05) is 31.2 Å². The van der Waals surface area contributed by atoms with E-state index >= 15 is 0 Å². The molecule has 0 aliphatic heterocycles. The van der Waals surface area contributed by atoms with Crippen LogP contribution in [-0.4, -0.2) is 12.4 Å². The Morgan fingerprint density at radius 1 is 1.29 bits per heavy atom. The fourth-order valence-electron chi connectivity index (χ4n) is 3.05. The normalized spacial score (nSPS) is 17.0. The number of carbonyl (C=O) groups is 1. The van der Waals surface area contributed by atoms with Crippen molar-refractivity contribution in [3.8, 4) is 11.8 Å². The number of nitriles is 1. The van der Waals surface area contributed by atoms with Gasteiger partial charge in [0.15, 0.2) is 5.78 Å². The first kappa shape index (κ1) is 15.6. The summed E-state index contributed by atoms with van der Waals surface area (Å²) in [5, 5.41) is 9.35. The molecule has 0 radical (unpaired) electrons. The minimum atomic E-state index is -0.636. The van der Waals surface area contributed by atoms with Crippen LogP contribution in [0.5, 0.6) is 5.75 Å². The number of benzene rings is 1. The van der Waals surface area contributed by atoms with Gasteiger partial charge in [0.2, 0.25) is 0 Å². The van der Waals surface area contributed by atoms with E-state index in [9.17, 15) is 10.1 Å². The number of hydrogen-bond acceptors (Lipinski definition) is 3. The Morgan fingerprint density at radius 3 is 2.52 bits per heavy atom. The summed E-state index contributed by atoms with van der Waals surface area (Å²) in [6, 6.07) is 9.49. The summed E-state index contributed by atoms with van der Waals surface area (Å²) in [4.78, 5) is 12.4. The molecule has 1 aromatic rings. The van der Waals surface area contributed by atoms with Gasteiger partial charge in [0, 0.05) is 6.42 Å². The zero-order valence-corrected chi connectivity index (χ0v) is 12.7. The van der Waals surface area contributed by atoms with Crippen LogP contribution in [0.3, 0.4) is 0 Å². The monoisotopic (exact) mass is 285 g/mol. The van der Waals surface area contributed by atoms with Crippen LogP contribution in [0.2, 0.25) is 0 Å². The number of hydrogen-bond donors (Lipinski definition) is 0. The number of ether oxygens (including phenoxy) is 1. The van der Waals surface area contributed by atoms with Gasteiger partial charge in [-0.2, -0.15) is 5.26 Å². The number of carbonyl (C=O) groups excluding carboxylic acids is 1. The number of nitrogens with zero attached hydrogens (tertiary/aromatic N) is 1. The van der Waals surface area contributed by atoms with Gasteiger partial charge >= 0.3 is 0 Å². The standard InChI is InChI=1S/C18H23NO2/c1-2-21-16-10-8-15(9-11-16)17(13-19)18(20)12-14-6-4-3-5-7-14/h8-11,14,17H,2-7,12H2,1H3. The molecule has 1 saturated carbocycles. The van der Waals surface area contributed by atoms with Crippen molar-refractivity contribution in [2.75, 3.05) is 6.61 Å². The molecule has 0 spiro atoms. The van der Waals surface area contributed by atoms with Crippen LogP contribution >= 0.6 is 0 Å². The van der Waals surface area contributed by atoms with Crippen molar-refractivity contribution in [2.45, 2.75) is 51.4 Å². The Labute approximate surface area is 126 Å². The average molecular weight is 285 g/mol. The Kier molecular flexibility index (Phi) is 5.80. The molecular formula is C18H23NO2. The molecule has 1 fully saturated rings. The van der Waals surface area contributed by atoms with Crippen molar-refractivity contribution in [1.29, 1.82) is 5.26 Å². The summed E-state index contributed by atoms with van der Waals surface area (Å²) in [6.45, 7) is 2.54. The number of rotatable bonds is 6. The second-order valence-electron chi connectivity index (χ2n) is 5.74. The Morgan fingerprint density at radius 2 is 1.95 bits per heavy atom. The SMILES string of the molecule is CCOc1ccc(C(C#N)C(=O)CC2CCCCC2)cc1. The van der Waals surface area contributed by atoms with Crippen molar-refractivity contribution >= 4 is 5.78 Å². The minimum absolute atomic E-state index is 0.0635. The molecular weight excluding hydrogens is 262 g/mol. The fraction of sp³-hybridized carbons (Fsp3) is 0.556. The van der Waals surface area contributed by atoms with Gasteiger partial charge in [-0.3, -0.25) is 4.79 Å². The van der Waals surface area contributed by atoms with Gasteiger partial charge in [0.1, 0.15) is 11.7 Å². The molecule has 0 amide bonds. The van der Waals surface area contributed by atoms with Crippen LogP contribution < -0.4 is 4.74 Å². The third-order valence-corrected chi connectivity index (χ3v) is 4.19. The maximum atomic E-state index is 12.4. The summed E-state index contributed by atoms with van der Waals surface area (Å²) < 4.78 is 5.39. The molecule has 1 atom stereocenters. The summed E-state index contributed by atoms with van der Waals surface area (Å²) in [5.74, 6) is 0.679. The summed E-state index contributed by atoms with van der Waals surface area (Å²) in [5.41, 5.74) is 0.779. The molecule has 112 valence electrons. The van der Waals surface area contributed by atoms with E-state index in [4.69, 9.17) is 4.74 Å². The van der Waals surface area contributed by atoms with Crippen LogP contribution in [0.15, 0.2) is 24.3 Å². The molecule has 1 unspecified atom stereocenters. The highest BCUT2D eigenvalue weighted by atomic mass is 16.5. The van der Waals surface area contributed by atoms with Crippen molar-refractivity contribution in [3.05, 3.63) is 29.8 Å². The quantitative estimate of drug-likeness (QED) is 0.785. The Balaban J connectivity index is 2.00. The van der Waals surface area contributed by atoms with E-state index in [0.29, 0.717) is 18.9 Å². The number of Topliss-reactive ketones (excluding diaryl/α,β-unsaturated/α-hetero) is 1. The lowest BCUT2D eigenvalue weighted by Gasteiger charge is -2.21. The lowest BCUT2D eigenvalue weighted by Crippen LogP contribution is -2.17. The maximum absolute atomic E-state index is 12.4. The second kappa shape index (κ2) is 7.83. The first-order valence-corrected chi connectivity index (χ1v) is 7.89. The first-order chi connectivity index (χ1) is 10.2. The van der Waals surface area contributed by atoms with Gasteiger partial charge in [-0.1, -0.05) is 44.2 Å². The molecule has 3 heteroatoms. The van der Waals surface area contributed by atoms with Gasteiger partial charge in [0.25, 0.3) is 0 Å². The van der Waals surface area contributed by atoms with Gasteiger partial charge in [-0.25, -0.2) is 0 Å². The highest BCUT2D eigenvalue weighted by molar-refractivity contribution is 5.88. The van der Waals surface area contributed by atoms with E-state index in [0.717, 1.165) is 24.2 Å². The second-order valence-corrected chi connectivity index (χ2v) is 5.74. The van der Waals surface area contributed by atoms with E-state index < -0.39 is 5.92 Å². The van der Waals surface area contributed by atoms with E-state index in [1.54, 1.807) is 0 Å². The molecule has 0 aromatic heterocycles. The smallest absolute Gasteiger partial charge is 0.154 e. The first-order valence-electron chi connectivity index (χ1n) is 7.89. The van der Waals surface area contributed by atoms with Gasteiger partial charge in [0.05, 0.1) is 12.7 Å². The highest BCUT2D eigenvalue weighted by Gasteiger charge is 2.24. The van der Waals surface area contributed by atoms with E-state index in [-0.39, 0.29) is 5.78 Å². The molecule has 0 heterocycles. The molecule has 1 aliphatic carbocycles. The molecule has 3 nitrogen and oxygen atoms in total. The van der Waals surface area contributed by atoms with Gasteiger partial charge in [-0.15, -0.1) is 0 Å². The molecule has 2 rings (SSSR count). The van der Waals surface area contributed by atoms with Crippen molar-refractivity contribution < 1.29 is 9.53 Å². The third kappa shape index (κ3) is 4.32. The predicted molar refractivity (Wildman–Crippen MR) is 82.2 cm³/mol. The predicted octanol–water partition coefficient (Wildman–Crippen LogP) is 4.23. The lowest BCUT2D eigenvalue weighted by atomic mass is 9.82. The van der Waals surface area contributed by atoms with Crippen LogP contribution in [0.4, 0.5) is 0 Å². The largest absolute Gasteiger partial charge is 0.494 e.